The molecule has 6 heteroatoms. The van der Waals surface area contributed by atoms with Crippen LogP contribution < -0.4 is 10.6 Å². The molecule has 3 amide bonds. The summed E-state index contributed by atoms with van der Waals surface area (Å²) in [5.41, 5.74) is 1.43. The Labute approximate surface area is 176 Å². The molecule has 4 rings (SSSR count). The maximum Gasteiger partial charge on any atom is 0.321 e. The third kappa shape index (κ3) is 4.32. The third-order valence-corrected chi connectivity index (χ3v) is 6.31. The number of hydrogen-bond donors (Lipinski definition) is 2. The van der Waals surface area contributed by atoms with Crippen molar-refractivity contribution >= 4 is 23.3 Å². The van der Waals surface area contributed by atoms with Crippen molar-refractivity contribution in [3.63, 3.8) is 0 Å². The zero-order valence-electron chi connectivity index (χ0n) is 17.1. The number of carbonyl (C=O) groups excluding carboxylic acids is 2. The van der Waals surface area contributed by atoms with Gasteiger partial charge in [0.1, 0.15) is 5.82 Å². The van der Waals surface area contributed by atoms with Crippen LogP contribution in [0.15, 0.2) is 48.5 Å². The lowest BCUT2D eigenvalue weighted by molar-refractivity contribution is -0.124. The Morgan fingerprint density at radius 3 is 2.03 bits per heavy atom. The number of nitrogens with zero attached hydrogens (tertiary/aromatic N) is 1. The van der Waals surface area contributed by atoms with Crippen molar-refractivity contribution in [3.8, 4) is 0 Å². The van der Waals surface area contributed by atoms with Gasteiger partial charge in [0.15, 0.2) is 0 Å². The molecule has 1 saturated heterocycles. The van der Waals surface area contributed by atoms with E-state index in [1.54, 1.807) is 30.3 Å². The first-order valence-corrected chi connectivity index (χ1v) is 10.8. The van der Waals surface area contributed by atoms with Crippen LogP contribution in [0.5, 0.6) is 0 Å². The highest BCUT2D eigenvalue weighted by Gasteiger charge is 2.45. The fourth-order valence-corrected chi connectivity index (χ4v) is 4.33. The molecule has 0 bridgehead atoms. The fourth-order valence-electron chi connectivity index (χ4n) is 4.33. The van der Waals surface area contributed by atoms with E-state index in [-0.39, 0.29) is 17.8 Å². The predicted molar refractivity (Wildman–Crippen MR) is 116 cm³/mol. The van der Waals surface area contributed by atoms with E-state index in [1.165, 1.54) is 25.0 Å². The molecule has 0 spiro atoms. The first-order chi connectivity index (χ1) is 14.6. The third-order valence-electron chi connectivity index (χ3n) is 6.31. The second-order valence-corrected chi connectivity index (χ2v) is 8.31. The molecule has 0 atom stereocenters. The van der Waals surface area contributed by atoms with Crippen LogP contribution in [0.4, 0.5) is 20.6 Å². The number of likely N-dealkylation sites (tertiary alicyclic amines) is 1. The van der Waals surface area contributed by atoms with Crippen molar-refractivity contribution in [2.75, 3.05) is 23.7 Å². The molecule has 1 aliphatic carbocycles. The number of carbonyl (C=O) groups is 2. The van der Waals surface area contributed by atoms with Crippen LogP contribution >= 0.6 is 0 Å². The predicted octanol–water partition coefficient (Wildman–Crippen LogP) is 5.29. The Bertz CT molecular complexity index is 901. The van der Waals surface area contributed by atoms with E-state index in [0.29, 0.717) is 24.2 Å². The number of amides is 3. The number of benzene rings is 2. The van der Waals surface area contributed by atoms with Crippen molar-refractivity contribution in [3.05, 3.63) is 59.9 Å². The monoisotopic (exact) mass is 409 g/mol. The zero-order valence-corrected chi connectivity index (χ0v) is 17.1. The topological polar surface area (TPSA) is 61.4 Å². The second kappa shape index (κ2) is 8.86. The van der Waals surface area contributed by atoms with Gasteiger partial charge in [-0.3, -0.25) is 4.79 Å². The Morgan fingerprint density at radius 1 is 0.833 bits per heavy atom. The Kier molecular flexibility index (Phi) is 6.02. The molecule has 2 aromatic rings. The minimum atomic E-state index is -0.665. The second-order valence-electron chi connectivity index (χ2n) is 8.31. The molecule has 2 aromatic carbocycles. The Hall–Kier alpha value is -2.89. The normalized spacial score (nSPS) is 18.1. The van der Waals surface area contributed by atoms with Gasteiger partial charge in [0, 0.05) is 24.5 Å². The van der Waals surface area contributed by atoms with Gasteiger partial charge in [-0.25, -0.2) is 9.18 Å². The molecule has 30 heavy (non-hydrogen) atoms. The van der Waals surface area contributed by atoms with E-state index in [4.69, 9.17) is 0 Å². The summed E-state index contributed by atoms with van der Waals surface area (Å²) in [7, 11) is 0. The number of halogens is 1. The molecule has 1 heterocycles. The number of rotatable bonds is 4. The summed E-state index contributed by atoms with van der Waals surface area (Å²) in [6.07, 6.45) is 6.82. The molecule has 1 saturated carbocycles. The van der Waals surface area contributed by atoms with Gasteiger partial charge < -0.3 is 15.5 Å². The standard InChI is InChI=1S/C24H28FN3O2/c25-19-8-5-7-18(17-19)24(13-6-14-24)22(29)26-20-9-11-21(12-10-20)27-23(30)28-15-3-1-2-4-16-28/h5,7-12,17H,1-4,6,13-16H2,(H,26,29)(H,27,30). The van der Waals surface area contributed by atoms with Gasteiger partial charge in [-0.2, -0.15) is 0 Å². The van der Waals surface area contributed by atoms with E-state index < -0.39 is 5.41 Å². The van der Waals surface area contributed by atoms with Gasteiger partial charge in [-0.15, -0.1) is 0 Å². The molecular formula is C24H28FN3O2. The summed E-state index contributed by atoms with van der Waals surface area (Å²) < 4.78 is 13.7. The molecule has 0 unspecified atom stereocenters. The molecule has 2 aliphatic rings. The van der Waals surface area contributed by atoms with Crippen molar-refractivity contribution in [1.82, 2.24) is 4.90 Å². The van der Waals surface area contributed by atoms with Crippen LogP contribution in [0.2, 0.25) is 0 Å². The van der Waals surface area contributed by atoms with E-state index >= 15 is 0 Å². The first kappa shape index (κ1) is 20.4. The molecule has 158 valence electrons. The van der Waals surface area contributed by atoms with Gasteiger partial charge in [-0.05, 0) is 67.6 Å². The quantitative estimate of drug-likeness (QED) is 0.720. The van der Waals surface area contributed by atoms with Crippen LogP contribution in [0.25, 0.3) is 0 Å². The van der Waals surface area contributed by atoms with Crippen molar-refractivity contribution in [2.45, 2.75) is 50.4 Å². The van der Waals surface area contributed by atoms with E-state index in [1.807, 2.05) is 11.0 Å². The van der Waals surface area contributed by atoms with E-state index in [0.717, 1.165) is 37.9 Å². The maximum absolute atomic E-state index is 13.7. The lowest BCUT2D eigenvalue weighted by Crippen LogP contribution is -2.46. The maximum atomic E-state index is 13.7. The minimum Gasteiger partial charge on any atom is -0.325 e. The summed E-state index contributed by atoms with van der Waals surface area (Å²) >= 11 is 0. The summed E-state index contributed by atoms with van der Waals surface area (Å²) in [6, 6.07) is 13.4. The van der Waals surface area contributed by atoms with Gasteiger partial charge >= 0.3 is 6.03 Å². The van der Waals surface area contributed by atoms with Crippen LogP contribution in [0.3, 0.4) is 0 Å². The van der Waals surface area contributed by atoms with E-state index in [2.05, 4.69) is 10.6 Å². The SMILES string of the molecule is O=C(Nc1ccc(NC(=O)C2(c3cccc(F)c3)CCC2)cc1)N1CCCCCC1. The number of hydrogen-bond acceptors (Lipinski definition) is 2. The van der Waals surface area contributed by atoms with Crippen LogP contribution in [0, 0.1) is 5.82 Å². The molecule has 2 N–H and O–H groups in total. The van der Waals surface area contributed by atoms with Crippen molar-refractivity contribution in [1.29, 1.82) is 0 Å². The number of anilines is 2. The van der Waals surface area contributed by atoms with Crippen LogP contribution in [-0.2, 0) is 10.2 Å². The van der Waals surface area contributed by atoms with Crippen molar-refractivity contribution < 1.29 is 14.0 Å². The minimum absolute atomic E-state index is 0.0757. The molecular weight excluding hydrogens is 381 g/mol. The molecule has 1 aliphatic heterocycles. The van der Waals surface area contributed by atoms with Crippen LogP contribution in [-0.4, -0.2) is 29.9 Å². The molecule has 0 radical (unpaired) electrons. The first-order valence-electron chi connectivity index (χ1n) is 10.8. The lowest BCUT2D eigenvalue weighted by Gasteiger charge is -2.40. The summed E-state index contributed by atoms with van der Waals surface area (Å²) in [6.45, 7) is 1.59. The Balaban J connectivity index is 1.39. The van der Waals surface area contributed by atoms with E-state index in [9.17, 15) is 14.0 Å². The van der Waals surface area contributed by atoms with Gasteiger partial charge in [0.05, 0.1) is 5.41 Å². The zero-order chi connectivity index (χ0) is 21.0. The highest BCUT2D eigenvalue weighted by Crippen LogP contribution is 2.44. The van der Waals surface area contributed by atoms with Crippen LogP contribution in [0.1, 0.15) is 50.5 Å². The van der Waals surface area contributed by atoms with Gasteiger partial charge in [-0.1, -0.05) is 31.4 Å². The molecule has 0 aromatic heterocycles. The molecule has 2 fully saturated rings. The average Bonchev–Trinajstić information content (AvgIpc) is 2.98. The number of nitrogens with one attached hydrogen (secondary N) is 2. The lowest BCUT2D eigenvalue weighted by atomic mass is 9.63. The highest BCUT2D eigenvalue weighted by atomic mass is 19.1. The van der Waals surface area contributed by atoms with Gasteiger partial charge in [0.2, 0.25) is 5.91 Å². The van der Waals surface area contributed by atoms with Crippen molar-refractivity contribution in [2.24, 2.45) is 0 Å². The molecule has 5 nitrogen and oxygen atoms in total. The van der Waals surface area contributed by atoms with Gasteiger partial charge in [0.25, 0.3) is 0 Å². The largest absolute Gasteiger partial charge is 0.325 e. The summed E-state index contributed by atoms with van der Waals surface area (Å²) in [5, 5.41) is 5.91. The fraction of sp³-hybridized carbons (Fsp3) is 0.417. The smallest absolute Gasteiger partial charge is 0.321 e. The number of urea groups is 1. The summed E-state index contributed by atoms with van der Waals surface area (Å²) in [5.74, 6) is -0.434. The average molecular weight is 410 g/mol. The highest BCUT2D eigenvalue weighted by molar-refractivity contribution is 6.00. The Morgan fingerprint density at radius 2 is 1.47 bits per heavy atom. The summed E-state index contributed by atoms with van der Waals surface area (Å²) in [4.78, 5) is 27.3.